The quantitative estimate of drug-likeness (QED) is 0.0964. The summed E-state index contributed by atoms with van der Waals surface area (Å²) < 4.78 is 12.1. The molecule has 8 nitrogen and oxygen atoms in total. The van der Waals surface area contributed by atoms with Crippen molar-refractivity contribution in [1.82, 2.24) is 9.97 Å². The molecule has 1 atom stereocenters. The summed E-state index contributed by atoms with van der Waals surface area (Å²) in [6, 6.07) is 34.5. The predicted molar refractivity (Wildman–Crippen MR) is 197 cm³/mol. The van der Waals surface area contributed by atoms with Crippen LogP contribution in [0.4, 0.5) is 0 Å². The molecule has 0 fully saturated rings. The first kappa shape index (κ1) is 34.8. The summed E-state index contributed by atoms with van der Waals surface area (Å²) in [6.45, 7) is 2.40. The number of para-hydroxylation sites is 2. The van der Waals surface area contributed by atoms with E-state index in [1.807, 2.05) is 91.9 Å². The first-order valence-corrected chi connectivity index (χ1v) is 16.8. The lowest BCUT2D eigenvalue weighted by molar-refractivity contribution is -0.139. The number of aromatic nitrogens is 2. The van der Waals surface area contributed by atoms with E-state index in [-0.39, 0.29) is 31.8 Å². The molecule has 0 amide bonds. The molecular weight excluding hydrogens is 673 g/mol. The molecule has 0 saturated heterocycles. The molecule has 1 unspecified atom stereocenters. The van der Waals surface area contributed by atoms with E-state index < -0.39 is 23.9 Å². The molecule has 0 saturated carbocycles. The van der Waals surface area contributed by atoms with E-state index in [4.69, 9.17) is 43.2 Å². The first-order chi connectivity index (χ1) is 24.1. The Balaban J connectivity index is 1.24. The largest absolute Gasteiger partial charge is 0.486 e. The van der Waals surface area contributed by atoms with E-state index in [1.165, 1.54) is 0 Å². The minimum atomic E-state index is -1.18. The molecule has 0 aliphatic carbocycles. The zero-order valence-corrected chi connectivity index (χ0v) is 28.8. The number of carboxylic acids is 1. The number of aliphatic hydroxyl groups excluding tert-OH is 1. The lowest BCUT2D eigenvalue weighted by atomic mass is 9.72. The van der Waals surface area contributed by atoms with Gasteiger partial charge in [0.05, 0.1) is 45.0 Å². The van der Waals surface area contributed by atoms with Crippen molar-refractivity contribution >= 4 is 56.7 Å². The number of carboxylic acid groups (broad SMARTS) is 1. The molecular formula is C40H35Cl2N3O5. The van der Waals surface area contributed by atoms with Crippen molar-refractivity contribution in [1.29, 1.82) is 5.41 Å². The number of benzene rings is 4. The van der Waals surface area contributed by atoms with Crippen LogP contribution in [0.2, 0.25) is 10.0 Å². The van der Waals surface area contributed by atoms with Gasteiger partial charge in [0.1, 0.15) is 24.7 Å². The normalized spacial score (nSPS) is 12.2. The minimum absolute atomic E-state index is 0.0940. The van der Waals surface area contributed by atoms with E-state index in [2.05, 4.69) is 9.97 Å². The van der Waals surface area contributed by atoms with Crippen LogP contribution in [-0.2, 0) is 23.4 Å². The van der Waals surface area contributed by atoms with Gasteiger partial charge in [-0.1, -0.05) is 90.8 Å². The van der Waals surface area contributed by atoms with Gasteiger partial charge in [-0.15, -0.1) is 0 Å². The van der Waals surface area contributed by atoms with Crippen LogP contribution in [0.15, 0.2) is 109 Å². The number of aliphatic hydroxyl groups is 1. The number of halogens is 2. The molecule has 0 radical (unpaired) electrons. The number of pyridine rings is 2. The number of nitrogens with zero attached hydrogens (tertiary/aromatic N) is 2. The fourth-order valence-corrected chi connectivity index (χ4v) is 6.50. The smallest absolute Gasteiger partial charge is 0.305 e. The van der Waals surface area contributed by atoms with Crippen molar-refractivity contribution in [3.63, 3.8) is 0 Å². The van der Waals surface area contributed by atoms with Gasteiger partial charge in [0.25, 0.3) is 0 Å². The second kappa shape index (κ2) is 15.3. The van der Waals surface area contributed by atoms with Crippen LogP contribution in [-0.4, -0.2) is 38.0 Å². The van der Waals surface area contributed by atoms with Gasteiger partial charge in [-0.2, -0.15) is 0 Å². The van der Waals surface area contributed by atoms with Crippen molar-refractivity contribution in [2.24, 2.45) is 0 Å². The van der Waals surface area contributed by atoms with E-state index >= 15 is 0 Å². The Kier molecular flexibility index (Phi) is 10.6. The third-order valence-electron chi connectivity index (χ3n) is 8.66. The maximum atomic E-state index is 11.2. The summed E-state index contributed by atoms with van der Waals surface area (Å²) in [5.41, 5.74) is 4.17. The van der Waals surface area contributed by atoms with Gasteiger partial charge < -0.3 is 25.1 Å². The Morgan fingerprint density at radius 3 is 1.68 bits per heavy atom. The number of hydrogen-bond acceptors (Lipinski definition) is 7. The highest BCUT2D eigenvalue weighted by Crippen LogP contribution is 2.42. The zero-order valence-electron chi connectivity index (χ0n) is 27.3. The number of nitrogens with one attached hydrogen (secondary N) is 1. The number of ether oxygens (including phenoxy) is 2. The summed E-state index contributed by atoms with van der Waals surface area (Å²) >= 11 is 13.6. The third-order valence-corrected chi connectivity index (χ3v) is 9.25. The molecule has 50 heavy (non-hydrogen) atoms. The highest BCUT2D eigenvalue weighted by Gasteiger charge is 2.32. The SMILES string of the molecule is CC(CC(=N)CC(O)CC(=O)O)(c1ccc(OCc2ccc3ccccc3n2)c(Cl)c1)c1ccc(OCc2ccc3ccccc3n2)c(Cl)c1. The van der Waals surface area contributed by atoms with Crippen molar-refractivity contribution in [2.75, 3.05) is 0 Å². The van der Waals surface area contributed by atoms with Gasteiger partial charge in [0.2, 0.25) is 0 Å². The zero-order chi connectivity index (χ0) is 35.3. The molecule has 10 heteroatoms. The maximum Gasteiger partial charge on any atom is 0.305 e. The standard InChI is InChI=1S/C40H35Cl2N3O5/c1-40(22-29(43)20-32(46)21-39(47)48,27-12-16-37(33(41)18-27)49-23-30-14-10-25-6-2-4-8-35(25)44-30)28-13-17-38(34(42)19-28)50-24-31-15-11-26-7-3-5-9-36(26)45-31/h2-19,32,43,46H,20-24H2,1H3,(H,47,48). The van der Waals surface area contributed by atoms with Crippen LogP contribution < -0.4 is 9.47 Å². The maximum absolute atomic E-state index is 11.2. The average molecular weight is 709 g/mol. The number of rotatable bonds is 14. The Hall–Kier alpha value is -5.02. The minimum Gasteiger partial charge on any atom is -0.486 e. The Morgan fingerprint density at radius 1 is 0.740 bits per heavy atom. The van der Waals surface area contributed by atoms with Gasteiger partial charge in [-0.05, 0) is 66.1 Å². The highest BCUT2D eigenvalue weighted by molar-refractivity contribution is 6.32. The Labute approximate surface area is 299 Å². The van der Waals surface area contributed by atoms with Crippen molar-refractivity contribution in [3.8, 4) is 11.5 Å². The topological polar surface area (TPSA) is 126 Å². The van der Waals surface area contributed by atoms with Gasteiger partial charge in [0, 0.05) is 28.3 Å². The molecule has 0 bridgehead atoms. The van der Waals surface area contributed by atoms with Crippen molar-refractivity contribution < 1.29 is 24.5 Å². The van der Waals surface area contributed by atoms with Gasteiger partial charge in [-0.25, -0.2) is 9.97 Å². The lowest BCUT2D eigenvalue weighted by Gasteiger charge is -2.32. The number of aliphatic carboxylic acids is 1. The second-order valence-electron chi connectivity index (χ2n) is 12.4. The molecule has 2 heterocycles. The summed E-state index contributed by atoms with van der Waals surface area (Å²) in [6.07, 6.45) is -1.56. The lowest BCUT2D eigenvalue weighted by Crippen LogP contribution is -2.29. The van der Waals surface area contributed by atoms with Crippen molar-refractivity contribution in [3.05, 3.63) is 142 Å². The van der Waals surface area contributed by atoms with Crippen LogP contribution in [0, 0.1) is 5.41 Å². The summed E-state index contributed by atoms with van der Waals surface area (Å²) in [4.78, 5) is 20.5. The average Bonchev–Trinajstić information content (AvgIpc) is 3.09. The Morgan fingerprint density at radius 2 is 1.22 bits per heavy atom. The summed E-state index contributed by atoms with van der Waals surface area (Å²) in [7, 11) is 0. The number of fused-ring (bicyclic) bond motifs is 2. The Bertz CT molecular complexity index is 2060. The van der Waals surface area contributed by atoms with Crippen LogP contribution in [0.1, 0.15) is 48.7 Å². The highest BCUT2D eigenvalue weighted by atomic mass is 35.5. The molecule has 2 aromatic heterocycles. The van der Waals surface area contributed by atoms with Gasteiger partial charge in [-0.3, -0.25) is 4.79 Å². The fourth-order valence-electron chi connectivity index (χ4n) is 6.03. The van der Waals surface area contributed by atoms with E-state index in [9.17, 15) is 9.90 Å². The fraction of sp³-hybridized carbons (Fsp3) is 0.200. The number of hydrogen-bond donors (Lipinski definition) is 3. The molecule has 6 rings (SSSR count). The second-order valence-corrected chi connectivity index (χ2v) is 13.2. The van der Waals surface area contributed by atoms with Crippen LogP contribution in [0.25, 0.3) is 21.8 Å². The molecule has 0 spiro atoms. The van der Waals surface area contributed by atoms with E-state index in [0.717, 1.165) is 44.3 Å². The number of carbonyl (C=O) groups is 1. The van der Waals surface area contributed by atoms with E-state index in [1.54, 1.807) is 24.3 Å². The van der Waals surface area contributed by atoms with Gasteiger partial charge in [0.15, 0.2) is 0 Å². The molecule has 0 aliphatic heterocycles. The summed E-state index contributed by atoms with van der Waals surface area (Å²) in [5, 5.41) is 31.0. The van der Waals surface area contributed by atoms with Crippen LogP contribution >= 0.6 is 23.2 Å². The van der Waals surface area contributed by atoms with Crippen molar-refractivity contribution in [2.45, 2.75) is 50.9 Å². The molecule has 3 N–H and O–H groups in total. The van der Waals surface area contributed by atoms with Crippen LogP contribution in [0.5, 0.6) is 11.5 Å². The van der Waals surface area contributed by atoms with E-state index in [0.29, 0.717) is 21.5 Å². The first-order valence-electron chi connectivity index (χ1n) is 16.1. The van der Waals surface area contributed by atoms with Gasteiger partial charge >= 0.3 is 5.97 Å². The predicted octanol–water partition coefficient (Wildman–Crippen LogP) is 9.19. The van der Waals surface area contributed by atoms with Crippen LogP contribution in [0.3, 0.4) is 0 Å². The molecule has 6 aromatic rings. The monoisotopic (exact) mass is 707 g/mol. The molecule has 254 valence electrons. The molecule has 4 aromatic carbocycles. The third kappa shape index (κ3) is 8.22. The molecule has 0 aliphatic rings. The summed E-state index contributed by atoms with van der Waals surface area (Å²) in [5.74, 6) is -0.178.